The van der Waals surface area contributed by atoms with Gasteiger partial charge in [-0.15, -0.1) is 0 Å². The van der Waals surface area contributed by atoms with Gasteiger partial charge in [-0.2, -0.15) is 5.26 Å². The third-order valence-electron chi connectivity index (χ3n) is 3.54. The number of benzene rings is 2. The first kappa shape index (κ1) is 17.7. The first-order valence-electron chi connectivity index (χ1n) is 7.05. The van der Waals surface area contributed by atoms with Gasteiger partial charge in [0.05, 0.1) is 12.5 Å². The second kappa shape index (κ2) is 7.30. The van der Waals surface area contributed by atoms with Crippen molar-refractivity contribution < 1.29 is 22.0 Å². The smallest absolute Gasteiger partial charge is 0.200 e. The van der Waals surface area contributed by atoms with Crippen LogP contribution in [0.3, 0.4) is 0 Å². The Hall–Kier alpha value is -2.62. The highest BCUT2D eigenvalue weighted by Crippen LogP contribution is 2.26. The van der Waals surface area contributed by atoms with Gasteiger partial charge >= 0.3 is 0 Å². The number of halogens is 5. The average molecular weight is 340 g/mol. The van der Waals surface area contributed by atoms with Crippen LogP contribution in [0.5, 0.6) is 0 Å². The minimum Gasteiger partial charge on any atom is -0.366 e. The predicted molar refractivity (Wildman–Crippen MR) is 78.7 cm³/mol. The molecule has 0 heterocycles. The third-order valence-corrected chi connectivity index (χ3v) is 3.54. The Labute approximate surface area is 135 Å². The molecule has 2 aromatic carbocycles. The average Bonchev–Trinajstić information content (AvgIpc) is 2.58. The van der Waals surface area contributed by atoms with Crippen molar-refractivity contribution in [2.75, 3.05) is 11.4 Å². The third kappa shape index (κ3) is 3.48. The maximum absolute atomic E-state index is 13.9. The van der Waals surface area contributed by atoms with Crippen molar-refractivity contribution in [2.24, 2.45) is 0 Å². The van der Waals surface area contributed by atoms with E-state index in [1.807, 2.05) is 13.0 Å². The van der Waals surface area contributed by atoms with Crippen molar-refractivity contribution in [3.05, 3.63) is 64.5 Å². The lowest BCUT2D eigenvalue weighted by atomic mass is 10.1. The molecule has 126 valence electrons. The Kier molecular flexibility index (Phi) is 5.39. The van der Waals surface area contributed by atoms with Crippen LogP contribution in [-0.2, 0) is 6.54 Å². The van der Waals surface area contributed by atoms with Crippen LogP contribution in [0.4, 0.5) is 27.6 Å². The van der Waals surface area contributed by atoms with Crippen molar-refractivity contribution in [1.82, 2.24) is 0 Å². The summed E-state index contributed by atoms with van der Waals surface area (Å²) in [6.07, 6.45) is 0.0310. The second-order valence-corrected chi connectivity index (χ2v) is 5.21. The monoisotopic (exact) mass is 340 g/mol. The summed E-state index contributed by atoms with van der Waals surface area (Å²) in [5.74, 6) is -9.87. The molecule has 0 aliphatic carbocycles. The summed E-state index contributed by atoms with van der Waals surface area (Å²) in [6.45, 7) is 1.38. The lowest BCUT2D eigenvalue weighted by Crippen LogP contribution is -2.26. The Balaban J connectivity index is 2.44. The van der Waals surface area contributed by atoms with Gasteiger partial charge in [0, 0.05) is 24.3 Å². The molecule has 0 aromatic heterocycles. The van der Waals surface area contributed by atoms with E-state index < -0.39 is 41.2 Å². The van der Waals surface area contributed by atoms with Crippen LogP contribution in [-0.4, -0.2) is 6.54 Å². The number of hydrogen-bond acceptors (Lipinski definition) is 2. The normalized spacial score (nSPS) is 10.5. The number of nitrogens with zero attached hydrogens (tertiary/aromatic N) is 2. The van der Waals surface area contributed by atoms with E-state index in [4.69, 9.17) is 5.26 Å². The van der Waals surface area contributed by atoms with Gasteiger partial charge in [0.2, 0.25) is 5.82 Å². The summed E-state index contributed by atoms with van der Waals surface area (Å²) in [7, 11) is 0. The van der Waals surface area contributed by atoms with E-state index in [9.17, 15) is 22.0 Å². The molecule has 0 aliphatic rings. The quantitative estimate of drug-likeness (QED) is 0.451. The molecule has 24 heavy (non-hydrogen) atoms. The topological polar surface area (TPSA) is 27.0 Å². The van der Waals surface area contributed by atoms with Crippen LogP contribution < -0.4 is 4.90 Å². The molecule has 0 aliphatic heterocycles. The van der Waals surface area contributed by atoms with Crippen molar-refractivity contribution in [1.29, 1.82) is 5.26 Å². The van der Waals surface area contributed by atoms with Crippen molar-refractivity contribution in [3.8, 4) is 6.07 Å². The molecule has 0 spiro atoms. The lowest BCUT2D eigenvalue weighted by molar-refractivity contribution is 0.369. The Morgan fingerprint density at radius 3 is 1.88 bits per heavy atom. The summed E-state index contributed by atoms with van der Waals surface area (Å²) in [6, 6.07) is 8.68. The molecule has 0 saturated carbocycles. The van der Waals surface area contributed by atoms with E-state index in [1.165, 1.54) is 4.90 Å². The minimum atomic E-state index is -2.19. The number of nitriles is 1. The fourth-order valence-corrected chi connectivity index (χ4v) is 2.22. The lowest BCUT2D eigenvalue weighted by Gasteiger charge is -2.25. The van der Waals surface area contributed by atoms with E-state index in [0.717, 1.165) is 5.56 Å². The maximum atomic E-state index is 13.9. The van der Waals surface area contributed by atoms with Crippen molar-refractivity contribution in [2.45, 2.75) is 19.9 Å². The zero-order chi connectivity index (χ0) is 17.9. The largest absolute Gasteiger partial charge is 0.366 e. The maximum Gasteiger partial charge on any atom is 0.200 e. The van der Waals surface area contributed by atoms with Crippen LogP contribution >= 0.6 is 0 Å². The first-order valence-corrected chi connectivity index (χ1v) is 7.05. The molecule has 0 fully saturated rings. The van der Waals surface area contributed by atoms with Crippen LogP contribution in [0.25, 0.3) is 0 Å². The van der Waals surface area contributed by atoms with E-state index in [1.54, 1.807) is 24.3 Å². The van der Waals surface area contributed by atoms with Crippen LogP contribution in [0.15, 0.2) is 24.3 Å². The zero-order valence-electron chi connectivity index (χ0n) is 12.7. The van der Waals surface area contributed by atoms with Crippen LogP contribution in [0.1, 0.15) is 17.5 Å². The standard InChI is InChI=1S/C17H13F5N2/c1-10-3-5-11(6-4-10)24(8-2-7-23)9-12-13(18)15(20)17(22)16(21)14(12)19/h3-6H,2,8-9H2,1H3. The summed E-state index contributed by atoms with van der Waals surface area (Å²) < 4.78 is 67.5. The van der Waals surface area contributed by atoms with Gasteiger partial charge in [-0.05, 0) is 19.1 Å². The van der Waals surface area contributed by atoms with Gasteiger partial charge in [0.25, 0.3) is 0 Å². The Bertz CT molecular complexity index is 752. The van der Waals surface area contributed by atoms with Gasteiger partial charge in [-0.3, -0.25) is 0 Å². The molecule has 2 nitrogen and oxygen atoms in total. The number of rotatable bonds is 5. The molecule has 2 rings (SSSR count). The van der Waals surface area contributed by atoms with Crippen molar-refractivity contribution in [3.63, 3.8) is 0 Å². The van der Waals surface area contributed by atoms with Crippen LogP contribution in [0, 0.1) is 47.3 Å². The molecular formula is C17H13F5N2. The highest BCUT2D eigenvalue weighted by molar-refractivity contribution is 5.48. The Morgan fingerprint density at radius 2 is 1.38 bits per heavy atom. The zero-order valence-corrected chi connectivity index (χ0v) is 12.7. The van der Waals surface area contributed by atoms with E-state index >= 15 is 0 Å². The first-order chi connectivity index (χ1) is 11.4. The fourth-order valence-electron chi connectivity index (χ4n) is 2.22. The predicted octanol–water partition coefficient (Wildman–Crippen LogP) is 4.61. The SMILES string of the molecule is Cc1ccc(N(CCC#N)Cc2c(F)c(F)c(F)c(F)c2F)cc1. The number of anilines is 1. The highest BCUT2D eigenvalue weighted by Gasteiger charge is 2.26. The molecule has 0 N–H and O–H groups in total. The molecule has 0 atom stereocenters. The van der Waals surface area contributed by atoms with Gasteiger partial charge < -0.3 is 4.90 Å². The molecule has 2 aromatic rings. The molecule has 7 heteroatoms. The number of hydrogen-bond donors (Lipinski definition) is 0. The van der Waals surface area contributed by atoms with E-state index in [2.05, 4.69) is 0 Å². The van der Waals surface area contributed by atoms with Gasteiger partial charge in [0.15, 0.2) is 23.3 Å². The minimum absolute atomic E-state index is 0.0310. The molecule has 0 saturated heterocycles. The molecule has 0 radical (unpaired) electrons. The van der Waals surface area contributed by atoms with Crippen LogP contribution in [0.2, 0.25) is 0 Å². The van der Waals surface area contributed by atoms with Gasteiger partial charge in [0.1, 0.15) is 0 Å². The molecule has 0 bridgehead atoms. The van der Waals surface area contributed by atoms with E-state index in [0.29, 0.717) is 5.69 Å². The van der Waals surface area contributed by atoms with E-state index in [-0.39, 0.29) is 13.0 Å². The van der Waals surface area contributed by atoms with Crippen molar-refractivity contribution >= 4 is 5.69 Å². The summed E-state index contributed by atoms with van der Waals surface area (Å²) in [5, 5.41) is 8.71. The summed E-state index contributed by atoms with van der Waals surface area (Å²) in [4.78, 5) is 1.39. The number of aryl methyl sites for hydroxylation is 1. The Morgan fingerprint density at radius 1 is 0.875 bits per heavy atom. The molecular weight excluding hydrogens is 327 g/mol. The summed E-state index contributed by atoms with van der Waals surface area (Å²) in [5.41, 5.74) is 0.528. The van der Waals surface area contributed by atoms with Gasteiger partial charge in [-0.1, -0.05) is 17.7 Å². The highest BCUT2D eigenvalue weighted by atomic mass is 19.2. The molecule has 0 amide bonds. The molecule has 0 unspecified atom stereocenters. The fraction of sp³-hybridized carbons (Fsp3) is 0.235. The summed E-state index contributed by atoms with van der Waals surface area (Å²) >= 11 is 0. The van der Waals surface area contributed by atoms with Gasteiger partial charge in [-0.25, -0.2) is 22.0 Å². The second-order valence-electron chi connectivity index (χ2n) is 5.21.